The molecule has 2 saturated heterocycles. The van der Waals surface area contributed by atoms with Crippen molar-refractivity contribution in [2.75, 3.05) is 26.2 Å². The van der Waals surface area contributed by atoms with Crippen molar-refractivity contribution in [2.24, 2.45) is 34.6 Å². The van der Waals surface area contributed by atoms with E-state index in [4.69, 9.17) is 11.5 Å². The fraction of sp³-hybridized carbons (Fsp3) is 0.575. The van der Waals surface area contributed by atoms with E-state index in [1.165, 1.54) is 0 Å². The number of benzene rings is 2. The number of nitrogens with zero attached hydrogens (tertiary/aromatic N) is 1. The molecule has 10 heteroatoms. The number of piperidine rings is 1. The lowest BCUT2D eigenvalue weighted by Gasteiger charge is -2.38. The van der Waals surface area contributed by atoms with Crippen LogP contribution in [-0.4, -0.2) is 72.5 Å². The van der Waals surface area contributed by atoms with E-state index in [-0.39, 0.29) is 48.0 Å². The summed E-state index contributed by atoms with van der Waals surface area (Å²) in [4.78, 5) is 69.7. The molecule has 0 aromatic heterocycles. The predicted octanol–water partition coefficient (Wildman–Crippen LogP) is 3.74. The standard InChI is InChI=1S/C40H57N5O5/c1-28(2)23-34(36(47)26-31(15-9-10-19-41)38(49)45-21-17-40(18-22-45)16-20-43-39(40)50)44-37(48)32(24-29-11-5-3-6-12-29)27-35(46)33(42)25-30-13-7-4-8-14-30/h3-8,11-14,28,31-34H,9-10,15-27,41-42H2,1-2H3,(H,43,50)(H,44,48)/t31-,32-,33+,34+/m0/s1. The molecule has 0 saturated carbocycles. The van der Waals surface area contributed by atoms with Crippen LogP contribution in [-0.2, 0) is 36.8 Å². The number of ketones is 2. The minimum atomic E-state index is -0.800. The highest BCUT2D eigenvalue weighted by molar-refractivity contribution is 5.95. The van der Waals surface area contributed by atoms with Crippen LogP contribution in [0.25, 0.3) is 0 Å². The first-order valence-corrected chi connectivity index (χ1v) is 18.5. The minimum Gasteiger partial charge on any atom is -0.356 e. The number of nitrogens with two attached hydrogens (primary N) is 2. The fourth-order valence-electron chi connectivity index (χ4n) is 7.40. The number of nitrogens with one attached hydrogen (secondary N) is 2. The molecule has 10 nitrogen and oxygen atoms in total. The highest BCUT2D eigenvalue weighted by Crippen LogP contribution is 2.38. The van der Waals surface area contributed by atoms with E-state index in [1.54, 1.807) is 0 Å². The third-order valence-corrected chi connectivity index (χ3v) is 10.5. The number of carbonyl (C=O) groups is 5. The van der Waals surface area contributed by atoms with E-state index in [9.17, 15) is 24.0 Å². The van der Waals surface area contributed by atoms with Crippen molar-refractivity contribution in [1.82, 2.24) is 15.5 Å². The molecule has 3 amide bonds. The van der Waals surface area contributed by atoms with Gasteiger partial charge in [-0.3, -0.25) is 24.0 Å². The van der Waals surface area contributed by atoms with E-state index in [1.807, 2.05) is 79.4 Å². The first kappa shape index (κ1) is 38.9. The zero-order valence-corrected chi connectivity index (χ0v) is 29.9. The minimum absolute atomic E-state index is 0.00737. The molecule has 0 radical (unpaired) electrons. The van der Waals surface area contributed by atoms with Gasteiger partial charge in [0.05, 0.1) is 17.5 Å². The van der Waals surface area contributed by atoms with Crippen LogP contribution >= 0.6 is 0 Å². The molecule has 2 fully saturated rings. The molecule has 4 atom stereocenters. The summed E-state index contributed by atoms with van der Waals surface area (Å²) >= 11 is 0. The molecule has 50 heavy (non-hydrogen) atoms. The number of amides is 3. The molecule has 0 bridgehead atoms. The number of Topliss-reactive ketones (excluding diaryl/α,β-unsaturated/α-hetero) is 2. The second kappa shape index (κ2) is 18.9. The summed E-state index contributed by atoms with van der Waals surface area (Å²) in [6, 6.07) is 17.5. The Labute approximate surface area is 297 Å². The molecule has 2 aromatic rings. The van der Waals surface area contributed by atoms with Gasteiger partial charge in [-0.05, 0) is 75.0 Å². The van der Waals surface area contributed by atoms with Crippen LogP contribution in [0.4, 0.5) is 0 Å². The van der Waals surface area contributed by atoms with Crippen LogP contribution in [0.5, 0.6) is 0 Å². The van der Waals surface area contributed by atoms with Crippen LogP contribution < -0.4 is 22.1 Å². The largest absolute Gasteiger partial charge is 0.356 e. The summed E-state index contributed by atoms with van der Waals surface area (Å²) in [6.07, 6.45) is 5.09. The van der Waals surface area contributed by atoms with Crippen molar-refractivity contribution < 1.29 is 24.0 Å². The molecule has 2 heterocycles. The fourth-order valence-corrected chi connectivity index (χ4v) is 7.40. The highest BCUT2D eigenvalue weighted by atomic mass is 16.2. The SMILES string of the molecule is CC(C)C[C@@H](NC(=O)[C@H](CC(=O)[C@H](N)Cc1ccccc1)Cc1ccccc1)C(=O)C[C@H](CCCCN)C(=O)N1CCC2(CCNC2=O)CC1. The lowest BCUT2D eigenvalue weighted by molar-refractivity contribution is -0.143. The topological polar surface area (TPSA) is 165 Å². The molecular formula is C40H57N5O5. The molecule has 0 aliphatic carbocycles. The van der Waals surface area contributed by atoms with Crippen LogP contribution in [0.3, 0.4) is 0 Å². The maximum Gasteiger partial charge on any atom is 0.226 e. The second-order valence-corrected chi connectivity index (χ2v) is 14.8. The second-order valence-electron chi connectivity index (χ2n) is 14.8. The van der Waals surface area contributed by atoms with Gasteiger partial charge < -0.3 is 27.0 Å². The van der Waals surface area contributed by atoms with Crippen molar-refractivity contribution in [2.45, 2.75) is 96.6 Å². The Hall–Kier alpha value is -3.89. The third-order valence-electron chi connectivity index (χ3n) is 10.5. The molecule has 2 aliphatic heterocycles. The van der Waals surface area contributed by atoms with Gasteiger partial charge in [-0.25, -0.2) is 0 Å². The van der Waals surface area contributed by atoms with E-state index in [0.717, 1.165) is 24.0 Å². The van der Waals surface area contributed by atoms with Gasteiger partial charge >= 0.3 is 0 Å². The summed E-state index contributed by atoms with van der Waals surface area (Å²) in [6.45, 7) is 6.13. The Kier molecular flexibility index (Phi) is 14.7. The molecule has 2 aromatic carbocycles. The third kappa shape index (κ3) is 11.1. The van der Waals surface area contributed by atoms with Crippen molar-refractivity contribution in [3.8, 4) is 0 Å². The summed E-state index contributed by atoms with van der Waals surface area (Å²) in [7, 11) is 0. The highest BCUT2D eigenvalue weighted by Gasteiger charge is 2.45. The lowest BCUT2D eigenvalue weighted by Crippen LogP contribution is -2.49. The summed E-state index contributed by atoms with van der Waals surface area (Å²) < 4.78 is 0. The Bertz CT molecular complexity index is 1420. The summed E-state index contributed by atoms with van der Waals surface area (Å²) in [5.74, 6) is -1.91. The number of rotatable bonds is 19. The Morgan fingerprint density at radius 3 is 2.00 bits per heavy atom. The van der Waals surface area contributed by atoms with Gasteiger partial charge in [-0.2, -0.15) is 0 Å². The van der Waals surface area contributed by atoms with Gasteiger partial charge in [-0.1, -0.05) is 80.9 Å². The maximum atomic E-state index is 14.1. The van der Waals surface area contributed by atoms with Crippen LogP contribution in [0, 0.1) is 23.2 Å². The zero-order valence-electron chi connectivity index (χ0n) is 29.9. The molecular weight excluding hydrogens is 630 g/mol. The predicted molar refractivity (Wildman–Crippen MR) is 195 cm³/mol. The van der Waals surface area contributed by atoms with Crippen LogP contribution in [0.15, 0.2) is 60.7 Å². The van der Waals surface area contributed by atoms with Gasteiger partial charge in [0.2, 0.25) is 17.7 Å². The van der Waals surface area contributed by atoms with Crippen molar-refractivity contribution in [1.29, 1.82) is 0 Å². The number of unbranched alkanes of at least 4 members (excludes halogenated alkanes) is 1. The Morgan fingerprint density at radius 1 is 0.840 bits per heavy atom. The summed E-state index contributed by atoms with van der Waals surface area (Å²) in [5, 5.41) is 5.96. The van der Waals surface area contributed by atoms with E-state index in [2.05, 4.69) is 10.6 Å². The van der Waals surface area contributed by atoms with Gasteiger partial charge in [0.15, 0.2) is 11.6 Å². The number of hydrogen-bond acceptors (Lipinski definition) is 7. The van der Waals surface area contributed by atoms with Gasteiger partial charge in [0.25, 0.3) is 0 Å². The quantitative estimate of drug-likeness (QED) is 0.164. The molecule has 1 spiro atoms. The van der Waals surface area contributed by atoms with Crippen molar-refractivity contribution >= 4 is 29.3 Å². The van der Waals surface area contributed by atoms with Gasteiger partial charge in [0.1, 0.15) is 0 Å². The van der Waals surface area contributed by atoms with Crippen molar-refractivity contribution in [3.63, 3.8) is 0 Å². The zero-order chi connectivity index (χ0) is 36.1. The van der Waals surface area contributed by atoms with E-state index >= 15 is 0 Å². The average Bonchev–Trinajstić information content (AvgIpc) is 3.46. The molecule has 2 aliphatic rings. The molecule has 272 valence electrons. The number of hydrogen-bond donors (Lipinski definition) is 4. The lowest BCUT2D eigenvalue weighted by atomic mass is 9.76. The number of likely N-dealkylation sites (tertiary alicyclic amines) is 1. The van der Waals surface area contributed by atoms with Crippen molar-refractivity contribution in [3.05, 3.63) is 71.8 Å². The first-order valence-electron chi connectivity index (χ1n) is 18.5. The smallest absolute Gasteiger partial charge is 0.226 e. The maximum absolute atomic E-state index is 14.1. The average molecular weight is 688 g/mol. The monoisotopic (exact) mass is 687 g/mol. The van der Waals surface area contributed by atoms with E-state index in [0.29, 0.717) is 71.1 Å². The molecule has 6 N–H and O–H groups in total. The number of carbonyl (C=O) groups excluding carboxylic acids is 5. The van der Waals surface area contributed by atoms with Gasteiger partial charge in [0, 0.05) is 44.3 Å². The Morgan fingerprint density at radius 2 is 1.44 bits per heavy atom. The van der Waals surface area contributed by atoms with Gasteiger partial charge in [-0.15, -0.1) is 0 Å². The first-order chi connectivity index (χ1) is 24.0. The normalized spacial score (nSPS) is 17.9. The van der Waals surface area contributed by atoms with Crippen LogP contribution in [0.1, 0.15) is 82.8 Å². The summed E-state index contributed by atoms with van der Waals surface area (Å²) in [5.41, 5.74) is 13.6. The van der Waals surface area contributed by atoms with E-state index < -0.39 is 29.3 Å². The molecule has 0 unspecified atom stereocenters. The Balaban J connectivity index is 1.46. The van der Waals surface area contributed by atoms with Crippen LogP contribution in [0.2, 0.25) is 0 Å². The molecule has 4 rings (SSSR count).